The van der Waals surface area contributed by atoms with Gasteiger partial charge in [-0.25, -0.2) is 0 Å². The normalized spacial score (nSPS) is 13.3. The van der Waals surface area contributed by atoms with Crippen molar-refractivity contribution in [1.82, 2.24) is 4.57 Å². The predicted molar refractivity (Wildman–Crippen MR) is 64.9 cm³/mol. The zero-order chi connectivity index (χ0) is 10.8. The molecule has 0 fully saturated rings. The summed E-state index contributed by atoms with van der Waals surface area (Å²) in [4.78, 5) is 0. The molecular formula is C13H18N2. The molecule has 0 saturated carbocycles. The summed E-state index contributed by atoms with van der Waals surface area (Å²) in [5, 5.41) is 1.36. The summed E-state index contributed by atoms with van der Waals surface area (Å²) < 4.78 is 2.16. The minimum absolute atomic E-state index is 0.281. The summed E-state index contributed by atoms with van der Waals surface area (Å²) in [6.45, 7) is 2.06. The van der Waals surface area contributed by atoms with Gasteiger partial charge in [-0.3, -0.25) is 0 Å². The van der Waals surface area contributed by atoms with Crippen LogP contribution in [0.25, 0.3) is 10.9 Å². The van der Waals surface area contributed by atoms with Crippen LogP contribution in [0.5, 0.6) is 0 Å². The van der Waals surface area contributed by atoms with Gasteiger partial charge >= 0.3 is 0 Å². The van der Waals surface area contributed by atoms with E-state index < -0.39 is 0 Å². The summed E-state index contributed by atoms with van der Waals surface area (Å²) in [5.74, 6) is 0. The van der Waals surface area contributed by atoms with E-state index in [1.165, 1.54) is 16.5 Å². The number of nitrogens with zero attached hydrogens (tertiary/aromatic N) is 1. The number of aromatic nitrogens is 1. The number of hydrogen-bond donors (Lipinski definition) is 1. The fourth-order valence-corrected chi connectivity index (χ4v) is 1.97. The van der Waals surface area contributed by atoms with Crippen LogP contribution in [0, 0.1) is 0 Å². The van der Waals surface area contributed by atoms with Crippen LogP contribution in [-0.4, -0.2) is 10.6 Å². The van der Waals surface area contributed by atoms with Gasteiger partial charge in [0.05, 0.1) is 0 Å². The Kier molecular flexibility index (Phi) is 2.78. The van der Waals surface area contributed by atoms with E-state index in [0.717, 1.165) is 12.8 Å². The van der Waals surface area contributed by atoms with Crippen LogP contribution in [0.4, 0.5) is 0 Å². The Morgan fingerprint density at radius 2 is 2.13 bits per heavy atom. The van der Waals surface area contributed by atoms with Crippen molar-refractivity contribution in [3.8, 4) is 0 Å². The van der Waals surface area contributed by atoms with Crippen molar-refractivity contribution in [3.05, 3.63) is 36.0 Å². The van der Waals surface area contributed by atoms with Crippen molar-refractivity contribution >= 4 is 10.9 Å². The third-order valence-corrected chi connectivity index (χ3v) is 2.89. The largest absolute Gasteiger partial charge is 0.351 e. The third-order valence-electron chi connectivity index (χ3n) is 2.89. The zero-order valence-electron chi connectivity index (χ0n) is 9.40. The highest BCUT2D eigenvalue weighted by Gasteiger charge is 2.04. The Balaban J connectivity index is 2.34. The van der Waals surface area contributed by atoms with E-state index in [1.807, 2.05) is 0 Å². The van der Waals surface area contributed by atoms with Crippen LogP contribution < -0.4 is 5.73 Å². The molecule has 1 aromatic carbocycles. The molecule has 0 aliphatic heterocycles. The maximum absolute atomic E-state index is 5.78. The van der Waals surface area contributed by atoms with Crippen molar-refractivity contribution in [3.63, 3.8) is 0 Å². The van der Waals surface area contributed by atoms with Crippen molar-refractivity contribution in [2.75, 3.05) is 0 Å². The lowest BCUT2D eigenvalue weighted by atomic mass is 10.0. The molecule has 0 saturated heterocycles. The highest BCUT2D eigenvalue weighted by molar-refractivity contribution is 5.83. The molecule has 2 nitrogen and oxygen atoms in total. The molecule has 0 amide bonds. The number of benzene rings is 1. The van der Waals surface area contributed by atoms with E-state index in [9.17, 15) is 0 Å². The molecule has 80 valence electrons. The second kappa shape index (κ2) is 4.07. The van der Waals surface area contributed by atoms with Crippen LogP contribution >= 0.6 is 0 Å². The van der Waals surface area contributed by atoms with Crippen molar-refractivity contribution in [1.29, 1.82) is 0 Å². The molecule has 0 radical (unpaired) electrons. The average molecular weight is 202 g/mol. The van der Waals surface area contributed by atoms with Crippen LogP contribution in [0.15, 0.2) is 30.5 Å². The van der Waals surface area contributed by atoms with Gasteiger partial charge in [0.15, 0.2) is 0 Å². The Morgan fingerprint density at radius 3 is 2.87 bits per heavy atom. The van der Waals surface area contributed by atoms with Gasteiger partial charge in [-0.05, 0) is 37.5 Å². The number of aryl methyl sites for hydroxylation is 2. The minimum atomic E-state index is 0.281. The Morgan fingerprint density at radius 1 is 1.33 bits per heavy atom. The molecule has 15 heavy (non-hydrogen) atoms. The molecular weight excluding hydrogens is 184 g/mol. The van der Waals surface area contributed by atoms with Crippen LogP contribution in [0.2, 0.25) is 0 Å². The van der Waals surface area contributed by atoms with Crippen molar-refractivity contribution in [2.45, 2.75) is 25.8 Å². The molecule has 0 bridgehead atoms. The molecule has 2 N–H and O–H groups in total. The first kappa shape index (κ1) is 10.2. The summed E-state index contributed by atoms with van der Waals surface area (Å²) in [5.41, 5.74) is 8.50. The maximum atomic E-state index is 5.78. The fraction of sp³-hybridized carbons (Fsp3) is 0.385. The van der Waals surface area contributed by atoms with E-state index >= 15 is 0 Å². The van der Waals surface area contributed by atoms with E-state index in [1.54, 1.807) is 0 Å². The summed E-state index contributed by atoms with van der Waals surface area (Å²) in [7, 11) is 2.08. The van der Waals surface area contributed by atoms with Gasteiger partial charge in [-0.2, -0.15) is 0 Å². The van der Waals surface area contributed by atoms with Gasteiger partial charge in [0.1, 0.15) is 0 Å². The third kappa shape index (κ3) is 2.05. The van der Waals surface area contributed by atoms with Gasteiger partial charge < -0.3 is 10.3 Å². The first-order valence-corrected chi connectivity index (χ1v) is 5.47. The standard InChI is InChI=1S/C13H18N2/c1-10(14)6-7-11-4-3-5-13-12(11)8-9-15(13)2/h3-5,8-10H,6-7,14H2,1-2H3/t10-/m1/s1. The van der Waals surface area contributed by atoms with Gasteiger partial charge in [0.2, 0.25) is 0 Å². The molecule has 0 unspecified atom stereocenters. The lowest BCUT2D eigenvalue weighted by Gasteiger charge is -2.06. The van der Waals surface area contributed by atoms with Crippen molar-refractivity contribution < 1.29 is 0 Å². The van der Waals surface area contributed by atoms with Crippen LogP contribution in [0.3, 0.4) is 0 Å². The van der Waals surface area contributed by atoms with E-state index in [4.69, 9.17) is 5.73 Å². The summed E-state index contributed by atoms with van der Waals surface area (Å²) >= 11 is 0. The number of fused-ring (bicyclic) bond motifs is 1. The molecule has 2 rings (SSSR count). The van der Waals surface area contributed by atoms with Gasteiger partial charge in [-0.15, -0.1) is 0 Å². The number of nitrogens with two attached hydrogens (primary N) is 1. The Hall–Kier alpha value is -1.28. The quantitative estimate of drug-likeness (QED) is 0.814. The predicted octanol–water partition coefficient (Wildman–Crippen LogP) is 2.46. The lowest BCUT2D eigenvalue weighted by molar-refractivity contribution is 0.668. The molecule has 1 atom stereocenters. The highest BCUT2D eigenvalue weighted by Crippen LogP contribution is 2.20. The molecule has 0 aliphatic rings. The molecule has 0 aliphatic carbocycles. The molecule has 1 heterocycles. The van der Waals surface area contributed by atoms with E-state index in [0.29, 0.717) is 0 Å². The molecule has 2 heteroatoms. The van der Waals surface area contributed by atoms with Gasteiger partial charge in [-0.1, -0.05) is 12.1 Å². The summed E-state index contributed by atoms with van der Waals surface area (Å²) in [6, 6.07) is 8.95. The maximum Gasteiger partial charge on any atom is 0.0480 e. The zero-order valence-corrected chi connectivity index (χ0v) is 9.40. The first-order valence-electron chi connectivity index (χ1n) is 5.47. The topological polar surface area (TPSA) is 30.9 Å². The number of rotatable bonds is 3. The van der Waals surface area contributed by atoms with Gasteiger partial charge in [0, 0.05) is 30.2 Å². The average Bonchev–Trinajstić information content (AvgIpc) is 2.58. The van der Waals surface area contributed by atoms with Gasteiger partial charge in [0.25, 0.3) is 0 Å². The SMILES string of the molecule is C[C@@H](N)CCc1cccc2c1ccn2C. The highest BCUT2D eigenvalue weighted by atomic mass is 14.9. The molecule has 1 aromatic heterocycles. The monoisotopic (exact) mass is 202 g/mol. The number of hydrogen-bond acceptors (Lipinski definition) is 1. The van der Waals surface area contributed by atoms with E-state index in [-0.39, 0.29) is 6.04 Å². The first-order chi connectivity index (χ1) is 7.18. The lowest BCUT2D eigenvalue weighted by Crippen LogP contribution is -2.15. The van der Waals surface area contributed by atoms with Crippen LogP contribution in [0.1, 0.15) is 18.9 Å². The Labute approximate surface area is 90.7 Å². The molecule has 0 spiro atoms. The smallest absolute Gasteiger partial charge is 0.0480 e. The Bertz CT molecular complexity index is 455. The van der Waals surface area contributed by atoms with Crippen molar-refractivity contribution in [2.24, 2.45) is 12.8 Å². The second-order valence-corrected chi connectivity index (χ2v) is 4.29. The molecule has 2 aromatic rings. The van der Waals surface area contributed by atoms with Crippen LogP contribution in [-0.2, 0) is 13.5 Å². The second-order valence-electron chi connectivity index (χ2n) is 4.29. The summed E-state index contributed by atoms with van der Waals surface area (Å²) in [6.07, 6.45) is 4.23. The minimum Gasteiger partial charge on any atom is -0.351 e. The van der Waals surface area contributed by atoms with E-state index in [2.05, 4.69) is 49.0 Å². The fourth-order valence-electron chi connectivity index (χ4n) is 1.97.